The summed E-state index contributed by atoms with van der Waals surface area (Å²) in [5.41, 5.74) is 0.661. The van der Waals surface area contributed by atoms with Crippen LogP contribution in [-0.2, 0) is 10.0 Å². The van der Waals surface area contributed by atoms with E-state index in [9.17, 15) is 8.42 Å². The predicted octanol–water partition coefficient (Wildman–Crippen LogP) is 2.17. The highest BCUT2D eigenvalue weighted by atomic mass is 127. The third-order valence-electron chi connectivity index (χ3n) is 2.97. The Kier molecular flexibility index (Phi) is 4.85. The number of hydrogen-bond donors (Lipinski definition) is 2. The molecule has 1 aromatic carbocycles. The lowest BCUT2D eigenvalue weighted by Crippen LogP contribution is -2.40. The Morgan fingerprint density at radius 1 is 1.33 bits per heavy atom. The third-order valence-corrected chi connectivity index (χ3v) is 5.29. The zero-order valence-electron chi connectivity index (χ0n) is 10.0. The monoisotopic (exact) mass is 380 g/mol. The number of piperidine rings is 1. The summed E-state index contributed by atoms with van der Waals surface area (Å²) in [6.07, 6.45) is 3.18. The Bertz CT molecular complexity index is 499. The molecule has 2 N–H and O–H groups in total. The van der Waals surface area contributed by atoms with Gasteiger partial charge in [0.1, 0.15) is 0 Å². The van der Waals surface area contributed by atoms with Gasteiger partial charge in [-0.25, -0.2) is 8.42 Å². The van der Waals surface area contributed by atoms with Crippen molar-refractivity contribution >= 4 is 38.3 Å². The summed E-state index contributed by atoms with van der Waals surface area (Å²) in [5, 5.41) is 3.25. The lowest BCUT2D eigenvalue weighted by atomic mass is 10.1. The molecule has 1 unspecified atom stereocenters. The molecule has 0 spiro atoms. The first kappa shape index (κ1) is 14.1. The highest BCUT2D eigenvalue weighted by molar-refractivity contribution is 14.1. The fourth-order valence-electron chi connectivity index (χ4n) is 2.08. The van der Waals surface area contributed by atoms with E-state index in [1.54, 1.807) is 6.07 Å². The molecule has 1 heterocycles. The molecule has 1 aliphatic heterocycles. The normalized spacial score (nSPS) is 20.6. The number of halogens is 1. The summed E-state index contributed by atoms with van der Waals surface area (Å²) in [4.78, 5) is 0. The van der Waals surface area contributed by atoms with Crippen LogP contribution >= 0.6 is 22.6 Å². The molecule has 0 saturated carbocycles. The lowest BCUT2D eigenvalue weighted by Gasteiger charge is -2.23. The first-order valence-corrected chi connectivity index (χ1v) is 8.78. The predicted molar refractivity (Wildman–Crippen MR) is 82.2 cm³/mol. The molecule has 2 rings (SSSR count). The molecule has 18 heavy (non-hydrogen) atoms. The summed E-state index contributed by atoms with van der Waals surface area (Å²) in [7, 11) is -3.27. The Balaban J connectivity index is 2.01. The van der Waals surface area contributed by atoms with Crippen LogP contribution in [0.5, 0.6) is 0 Å². The molecular weight excluding hydrogens is 363 g/mol. The van der Waals surface area contributed by atoms with E-state index < -0.39 is 10.0 Å². The molecule has 100 valence electrons. The van der Waals surface area contributed by atoms with Crippen molar-refractivity contribution in [1.82, 2.24) is 5.32 Å². The van der Waals surface area contributed by atoms with Crippen LogP contribution in [0.15, 0.2) is 24.3 Å². The summed E-state index contributed by atoms with van der Waals surface area (Å²) >= 11 is 2.13. The first-order chi connectivity index (χ1) is 8.57. The molecular formula is C12H17IN2O2S. The van der Waals surface area contributed by atoms with Crippen LogP contribution in [0.3, 0.4) is 0 Å². The van der Waals surface area contributed by atoms with E-state index in [0.29, 0.717) is 5.69 Å². The number of sulfonamides is 1. The smallest absolute Gasteiger partial charge is 0.234 e. The number of benzene rings is 1. The van der Waals surface area contributed by atoms with Crippen molar-refractivity contribution in [2.75, 3.05) is 17.0 Å². The van der Waals surface area contributed by atoms with E-state index in [1.807, 2.05) is 18.2 Å². The number of nitrogens with one attached hydrogen (secondary N) is 2. The molecule has 0 radical (unpaired) electrons. The zero-order valence-corrected chi connectivity index (χ0v) is 13.0. The Hall–Kier alpha value is -0.340. The Morgan fingerprint density at radius 2 is 2.11 bits per heavy atom. The molecule has 1 aromatic rings. The molecule has 6 heteroatoms. The van der Waals surface area contributed by atoms with E-state index >= 15 is 0 Å². The van der Waals surface area contributed by atoms with Crippen LogP contribution in [0.1, 0.15) is 19.3 Å². The Morgan fingerprint density at radius 3 is 2.78 bits per heavy atom. The number of para-hydroxylation sites is 1. The van der Waals surface area contributed by atoms with Crippen LogP contribution in [-0.4, -0.2) is 26.8 Å². The van der Waals surface area contributed by atoms with E-state index in [2.05, 4.69) is 32.6 Å². The van der Waals surface area contributed by atoms with E-state index in [0.717, 1.165) is 29.4 Å². The molecule has 1 saturated heterocycles. The SMILES string of the molecule is O=S(=O)(CC1CCCCN1)Nc1ccccc1I. The van der Waals surface area contributed by atoms with Crippen LogP contribution < -0.4 is 10.0 Å². The zero-order chi connectivity index (χ0) is 13.0. The third kappa shape index (κ3) is 4.10. The van der Waals surface area contributed by atoms with Crippen LogP contribution in [0.4, 0.5) is 5.69 Å². The fourth-order valence-corrected chi connectivity index (χ4v) is 4.20. The summed E-state index contributed by atoms with van der Waals surface area (Å²) in [6.45, 7) is 0.920. The fraction of sp³-hybridized carbons (Fsp3) is 0.500. The molecule has 0 aliphatic carbocycles. The van der Waals surface area contributed by atoms with Gasteiger partial charge in [-0.15, -0.1) is 0 Å². The first-order valence-electron chi connectivity index (χ1n) is 6.05. The van der Waals surface area contributed by atoms with Crippen molar-refractivity contribution in [3.8, 4) is 0 Å². The van der Waals surface area contributed by atoms with Gasteiger partial charge < -0.3 is 5.32 Å². The summed E-state index contributed by atoms with van der Waals surface area (Å²) in [5.74, 6) is 0.151. The van der Waals surface area contributed by atoms with Gasteiger partial charge in [0.2, 0.25) is 10.0 Å². The second-order valence-corrected chi connectivity index (χ2v) is 7.44. The van der Waals surface area contributed by atoms with Crippen molar-refractivity contribution in [3.05, 3.63) is 27.8 Å². The van der Waals surface area contributed by atoms with Gasteiger partial charge in [-0.2, -0.15) is 0 Å². The van der Waals surface area contributed by atoms with Crippen molar-refractivity contribution in [1.29, 1.82) is 0 Å². The summed E-state index contributed by atoms with van der Waals surface area (Å²) in [6, 6.07) is 7.48. The maximum atomic E-state index is 12.1. The molecule has 0 bridgehead atoms. The molecule has 1 fully saturated rings. The second kappa shape index (κ2) is 6.21. The largest absolute Gasteiger partial charge is 0.313 e. The Labute approximate surface area is 122 Å². The minimum Gasteiger partial charge on any atom is -0.313 e. The van der Waals surface area contributed by atoms with Gasteiger partial charge in [0.05, 0.1) is 11.4 Å². The number of anilines is 1. The number of rotatable bonds is 4. The number of hydrogen-bond acceptors (Lipinski definition) is 3. The molecule has 1 aliphatic rings. The molecule has 0 aromatic heterocycles. The van der Waals surface area contributed by atoms with E-state index in [-0.39, 0.29) is 11.8 Å². The minimum absolute atomic E-state index is 0.0811. The second-order valence-electron chi connectivity index (χ2n) is 4.51. The van der Waals surface area contributed by atoms with Crippen LogP contribution in [0, 0.1) is 3.57 Å². The topological polar surface area (TPSA) is 58.2 Å². The maximum absolute atomic E-state index is 12.1. The van der Waals surface area contributed by atoms with Crippen molar-refractivity contribution in [2.45, 2.75) is 25.3 Å². The van der Waals surface area contributed by atoms with Crippen molar-refractivity contribution in [2.24, 2.45) is 0 Å². The van der Waals surface area contributed by atoms with E-state index in [4.69, 9.17) is 0 Å². The van der Waals surface area contributed by atoms with Crippen LogP contribution in [0.25, 0.3) is 0 Å². The lowest BCUT2D eigenvalue weighted by molar-refractivity contribution is 0.424. The average molecular weight is 380 g/mol. The molecule has 4 nitrogen and oxygen atoms in total. The quantitative estimate of drug-likeness (QED) is 0.788. The van der Waals surface area contributed by atoms with E-state index in [1.165, 1.54) is 0 Å². The van der Waals surface area contributed by atoms with Gasteiger partial charge in [-0.3, -0.25) is 4.72 Å². The highest BCUT2D eigenvalue weighted by Crippen LogP contribution is 2.19. The van der Waals surface area contributed by atoms with Crippen molar-refractivity contribution < 1.29 is 8.42 Å². The van der Waals surface area contributed by atoms with Crippen molar-refractivity contribution in [3.63, 3.8) is 0 Å². The average Bonchev–Trinajstić information content (AvgIpc) is 2.32. The van der Waals surface area contributed by atoms with Crippen LogP contribution in [0.2, 0.25) is 0 Å². The van der Waals surface area contributed by atoms with Gasteiger partial charge in [0, 0.05) is 9.61 Å². The van der Waals surface area contributed by atoms with Gasteiger partial charge in [0.15, 0.2) is 0 Å². The molecule has 1 atom stereocenters. The van der Waals surface area contributed by atoms with Gasteiger partial charge in [-0.05, 0) is 54.1 Å². The summed E-state index contributed by atoms with van der Waals surface area (Å²) < 4.78 is 27.7. The molecule has 0 amide bonds. The highest BCUT2D eigenvalue weighted by Gasteiger charge is 2.21. The van der Waals surface area contributed by atoms with Gasteiger partial charge >= 0.3 is 0 Å². The van der Waals surface area contributed by atoms with Gasteiger partial charge in [-0.1, -0.05) is 18.6 Å². The van der Waals surface area contributed by atoms with Gasteiger partial charge in [0.25, 0.3) is 0 Å². The standard InChI is InChI=1S/C12H17IN2O2S/c13-11-6-1-2-7-12(11)15-18(16,17)9-10-5-3-4-8-14-10/h1-2,6-7,10,14-15H,3-5,8-9H2. The minimum atomic E-state index is -3.27. The maximum Gasteiger partial charge on any atom is 0.234 e.